The number of hydrogen-bond donors (Lipinski definition) is 3. The summed E-state index contributed by atoms with van der Waals surface area (Å²) in [7, 11) is -3.72. The van der Waals surface area contributed by atoms with Gasteiger partial charge < -0.3 is 11.1 Å². The molecule has 0 aliphatic carbocycles. The number of anilines is 1. The minimum Gasteiger partial charge on any atom is -0.366 e. The molecule has 0 unspecified atom stereocenters. The first-order valence-corrected chi connectivity index (χ1v) is 8.62. The van der Waals surface area contributed by atoms with Crippen molar-refractivity contribution in [3.05, 3.63) is 59.7 Å². The van der Waals surface area contributed by atoms with Crippen LogP contribution in [0.25, 0.3) is 0 Å². The number of carbonyl (C=O) groups is 2. The van der Waals surface area contributed by atoms with Gasteiger partial charge in [0, 0.05) is 17.7 Å². The molecule has 2 aromatic carbocycles. The van der Waals surface area contributed by atoms with Gasteiger partial charge in [-0.25, -0.2) is 13.6 Å². The van der Waals surface area contributed by atoms with Gasteiger partial charge in [-0.1, -0.05) is 18.2 Å². The molecule has 0 aliphatic heterocycles. The topological polar surface area (TPSA) is 132 Å². The SMILES string of the molecule is NC(=O)c1cccc(NC(=O)CCc2ccc(S(N)(=O)=O)cc2)c1. The van der Waals surface area contributed by atoms with E-state index in [0.29, 0.717) is 17.7 Å². The summed E-state index contributed by atoms with van der Waals surface area (Å²) >= 11 is 0. The minimum absolute atomic E-state index is 0.0268. The number of primary sulfonamides is 1. The standard InChI is InChI=1S/C16H17N3O4S/c17-16(21)12-2-1-3-13(10-12)19-15(20)9-6-11-4-7-14(8-5-11)24(18,22)23/h1-5,7-8,10H,6,9H2,(H2,17,21)(H,19,20)(H2,18,22,23). The van der Waals surface area contributed by atoms with E-state index < -0.39 is 15.9 Å². The first-order valence-electron chi connectivity index (χ1n) is 7.07. The molecule has 0 heterocycles. The van der Waals surface area contributed by atoms with Gasteiger partial charge in [-0.05, 0) is 42.3 Å². The van der Waals surface area contributed by atoms with E-state index in [2.05, 4.69) is 5.32 Å². The minimum atomic E-state index is -3.72. The van der Waals surface area contributed by atoms with E-state index in [4.69, 9.17) is 10.9 Å². The summed E-state index contributed by atoms with van der Waals surface area (Å²) in [6.45, 7) is 0. The third kappa shape index (κ3) is 4.90. The molecule has 7 nitrogen and oxygen atoms in total. The predicted molar refractivity (Wildman–Crippen MR) is 89.7 cm³/mol. The second kappa shape index (κ2) is 7.24. The van der Waals surface area contributed by atoms with Crippen molar-refractivity contribution in [2.24, 2.45) is 10.9 Å². The lowest BCUT2D eigenvalue weighted by atomic mass is 10.1. The Labute approximate surface area is 139 Å². The summed E-state index contributed by atoms with van der Waals surface area (Å²) < 4.78 is 22.3. The average molecular weight is 347 g/mol. The maximum absolute atomic E-state index is 11.9. The smallest absolute Gasteiger partial charge is 0.248 e. The molecule has 0 aromatic heterocycles. The quantitative estimate of drug-likeness (QED) is 0.719. The molecular formula is C16H17N3O4S. The average Bonchev–Trinajstić information content (AvgIpc) is 2.53. The number of benzene rings is 2. The van der Waals surface area contributed by atoms with Crippen LogP contribution in [0, 0.1) is 0 Å². The lowest BCUT2D eigenvalue weighted by Gasteiger charge is -2.07. The van der Waals surface area contributed by atoms with Crippen LogP contribution in [0.1, 0.15) is 22.3 Å². The highest BCUT2D eigenvalue weighted by Gasteiger charge is 2.08. The zero-order chi connectivity index (χ0) is 17.7. The van der Waals surface area contributed by atoms with Crippen molar-refractivity contribution >= 4 is 27.5 Å². The third-order valence-electron chi connectivity index (χ3n) is 3.32. The molecule has 2 aromatic rings. The van der Waals surface area contributed by atoms with Crippen LogP contribution in [0.2, 0.25) is 0 Å². The van der Waals surface area contributed by atoms with E-state index in [1.807, 2.05) is 0 Å². The molecule has 0 saturated heterocycles. The van der Waals surface area contributed by atoms with Crippen molar-refractivity contribution in [1.29, 1.82) is 0 Å². The lowest BCUT2D eigenvalue weighted by molar-refractivity contribution is -0.116. The van der Waals surface area contributed by atoms with Crippen molar-refractivity contribution in [1.82, 2.24) is 0 Å². The number of amides is 2. The summed E-state index contributed by atoms with van der Waals surface area (Å²) in [6.07, 6.45) is 0.641. The van der Waals surface area contributed by atoms with Crippen LogP contribution in [0.3, 0.4) is 0 Å². The molecular weight excluding hydrogens is 330 g/mol. The van der Waals surface area contributed by atoms with Crippen LogP contribution in [0.5, 0.6) is 0 Å². The van der Waals surface area contributed by atoms with Crippen molar-refractivity contribution in [3.63, 3.8) is 0 Å². The molecule has 0 aliphatic rings. The number of nitrogens with two attached hydrogens (primary N) is 2. The molecule has 24 heavy (non-hydrogen) atoms. The first-order chi connectivity index (χ1) is 11.3. The molecule has 0 atom stereocenters. The highest BCUT2D eigenvalue weighted by molar-refractivity contribution is 7.89. The monoisotopic (exact) mass is 347 g/mol. The summed E-state index contributed by atoms with van der Waals surface area (Å²) in [5.41, 5.74) is 6.79. The summed E-state index contributed by atoms with van der Waals surface area (Å²) in [6, 6.07) is 12.4. The maximum atomic E-state index is 11.9. The Morgan fingerprint density at radius 3 is 2.29 bits per heavy atom. The van der Waals surface area contributed by atoms with Crippen LogP contribution in [-0.2, 0) is 21.2 Å². The van der Waals surface area contributed by atoms with Gasteiger partial charge in [0.1, 0.15) is 0 Å². The van der Waals surface area contributed by atoms with Gasteiger partial charge in [0.2, 0.25) is 21.8 Å². The molecule has 8 heteroatoms. The second-order valence-corrected chi connectivity index (χ2v) is 6.74. The number of nitrogens with one attached hydrogen (secondary N) is 1. The molecule has 2 rings (SSSR count). The Bertz CT molecular complexity index is 861. The lowest BCUT2D eigenvalue weighted by Crippen LogP contribution is -2.15. The zero-order valence-electron chi connectivity index (χ0n) is 12.7. The van der Waals surface area contributed by atoms with Crippen LogP contribution in [0.4, 0.5) is 5.69 Å². The van der Waals surface area contributed by atoms with Gasteiger partial charge in [-0.3, -0.25) is 9.59 Å². The highest BCUT2D eigenvalue weighted by Crippen LogP contribution is 2.13. The van der Waals surface area contributed by atoms with Crippen molar-refractivity contribution in [2.45, 2.75) is 17.7 Å². The van der Waals surface area contributed by atoms with E-state index in [0.717, 1.165) is 5.56 Å². The second-order valence-electron chi connectivity index (χ2n) is 5.18. The predicted octanol–water partition coefficient (Wildman–Crippen LogP) is 1.00. The highest BCUT2D eigenvalue weighted by atomic mass is 32.2. The summed E-state index contributed by atoms with van der Waals surface area (Å²) in [5.74, 6) is -0.798. The molecule has 0 bridgehead atoms. The zero-order valence-corrected chi connectivity index (χ0v) is 13.5. The molecule has 0 saturated carbocycles. The van der Waals surface area contributed by atoms with E-state index in [1.54, 1.807) is 30.3 Å². The van der Waals surface area contributed by atoms with Gasteiger partial charge in [0.25, 0.3) is 0 Å². The van der Waals surface area contributed by atoms with Gasteiger partial charge in [0.05, 0.1) is 4.90 Å². The number of primary amides is 1. The Balaban J connectivity index is 1.94. The van der Waals surface area contributed by atoms with Crippen molar-refractivity contribution in [2.75, 3.05) is 5.32 Å². The summed E-state index contributed by atoms with van der Waals surface area (Å²) in [5, 5.41) is 7.70. The molecule has 0 fully saturated rings. The Morgan fingerprint density at radius 2 is 1.71 bits per heavy atom. The van der Waals surface area contributed by atoms with Crippen LogP contribution >= 0.6 is 0 Å². The Kier molecular flexibility index (Phi) is 5.32. The Hall–Kier alpha value is -2.71. The molecule has 0 radical (unpaired) electrons. The van der Waals surface area contributed by atoms with Crippen LogP contribution in [-0.4, -0.2) is 20.2 Å². The van der Waals surface area contributed by atoms with E-state index in [9.17, 15) is 18.0 Å². The molecule has 5 N–H and O–H groups in total. The summed E-state index contributed by atoms with van der Waals surface area (Å²) in [4.78, 5) is 23.1. The fraction of sp³-hybridized carbons (Fsp3) is 0.125. The fourth-order valence-corrected chi connectivity index (χ4v) is 2.59. The van der Waals surface area contributed by atoms with Crippen LogP contribution in [0.15, 0.2) is 53.4 Å². The first kappa shape index (κ1) is 17.6. The van der Waals surface area contributed by atoms with Gasteiger partial charge in [-0.15, -0.1) is 0 Å². The number of rotatable bonds is 6. The van der Waals surface area contributed by atoms with Crippen LogP contribution < -0.4 is 16.2 Å². The molecule has 126 valence electrons. The normalized spacial score (nSPS) is 11.0. The number of aryl methyl sites for hydroxylation is 1. The van der Waals surface area contributed by atoms with Gasteiger partial charge in [0.15, 0.2) is 0 Å². The number of sulfonamides is 1. The largest absolute Gasteiger partial charge is 0.366 e. The van der Waals surface area contributed by atoms with Gasteiger partial charge >= 0.3 is 0 Å². The number of carbonyl (C=O) groups excluding carboxylic acids is 2. The van der Waals surface area contributed by atoms with Crippen molar-refractivity contribution in [3.8, 4) is 0 Å². The Morgan fingerprint density at radius 1 is 1.04 bits per heavy atom. The van der Waals surface area contributed by atoms with E-state index >= 15 is 0 Å². The molecule has 0 spiro atoms. The number of hydrogen-bond acceptors (Lipinski definition) is 4. The fourth-order valence-electron chi connectivity index (χ4n) is 2.08. The maximum Gasteiger partial charge on any atom is 0.248 e. The van der Waals surface area contributed by atoms with Crippen molar-refractivity contribution < 1.29 is 18.0 Å². The van der Waals surface area contributed by atoms with E-state index in [1.165, 1.54) is 18.2 Å². The van der Waals surface area contributed by atoms with E-state index in [-0.39, 0.29) is 17.2 Å². The van der Waals surface area contributed by atoms with Gasteiger partial charge in [-0.2, -0.15) is 0 Å². The third-order valence-corrected chi connectivity index (χ3v) is 4.25. The molecule has 2 amide bonds.